The van der Waals surface area contributed by atoms with E-state index in [-0.39, 0.29) is 30.0 Å². The Bertz CT molecular complexity index is 499. The van der Waals surface area contributed by atoms with E-state index in [9.17, 15) is 0 Å². The van der Waals surface area contributed by atoms with Gasteiger partial charge in [0.2, 0.25) is 0 Å². The highest BCUT2D eigenvalue weighted by Crippen LogP contribution is 2.15. The Morgan fingerprint density at radius 2 is 1.91 bits per heavy atom. The number of halogens is 1. The minimum Gasteiger partial charge on any atom is -0.355 e. The van der Waals surface area contributed by atoms with Crippen molar-refractivity contribution in [2.45, 2.75) is 19.0 Å². The molecule has 1 aromatic carbocycles. The van der Waals surface area contributed by atoms with E-state index in [0.29, 0.717) is 6.04 Å². The van der Waals surface area contributed by atoms with Gasteiger partial charge in [-0.05, 0) is 12.5 Å². The van der Waals surface area contributed by atoms with Gasteiger partial charge in [-0.25, -0.2) is 0 Å². The van der Waals surface area contributed by atoms with E-state index in [2.05, 4.69) is 56.6 Å². The molecule has 0 radical (unpaired) electrons. The number of piperazine rings is 3. The van der Waals surface area contributed by atoms with Crippen LogP contribution in [0.1, 0.15) is 18.5 Å². The molecule has 1 aromatic rings. The van der Waals surface area contributed by atoms with Crippen molar-refractivity contribution in [1.82, 2.24) is 20.4 Å². The predicted molar refractivity (Wildman–Crippen MR) is 107 cm³/mol. The third-order valence-corrected chi connectivity index (χ3v) is 4.77. The van der Waals surface area contributed by atoms with E-state index >= 15 is 0 Å². The van der Waals surface area contributed by atoms with Crippen molar-refractivity contribution >= 4 is 29.9 Å². The topological polar surface area (TPSA) is 42.9 Å². The average Bonchev–Trinajstić information content (AvgIpc) is 2.60. The van der Waals surface area contributed by atoms with Crippen molar-refractivity contribution in [1.29, 1.82) is 0 Å². The van der Waals surface area contributed by atoms with Crippen LogP contribution in [0, 0.1) is 0 Å². The number of rotatable bonds is 4. The van der Waals surface area contributed by atoms with E-state index in [1.807, 2.05) is 13.1 Å². The second-order valence-corrected chi connectivity index (χ2v) is 6.22. The number of guanidine groups is 1. The fourth-order valence-electron chi connectivity index (χ4n) is 3.36. The summed E-state index contributed by atoms with van der Waals surface area (Å²) in [5, 5.41) is 6.97. The highest BCUT2D eigenvalue weighted by molar-refractivity contribution is 14.0. The van der Waals surface area contributed by atoms with Crippen molar-refractivity contribution in [3.63, 3.8) is 0 Å². The normalized spacial score (nSPS) is 27.9. The summed E-state index contributed by atoms with van der Waals surface area (Å²) in [6.07, 6.45) is 0. The van der Waals surface area contributed by atoms with Crippen LogP contribution < -0.4 is 10.6 Å². The van der Waals surface area contributed by atoms with Gasteiger partial charge in [-0.15, -0.1) is 24.0 Å². The van der Waals surface area contributed by atoms with Gasteiger partial charge < -0.3 is 10.6 Å². The molecule has 0 spiro atoms. The number of nitrogens with zero attached hydrogens (tertiary/aromatic N) is 3. The molecular formula is C17H28IN5. The van der Waals surface area contributed by atoms with Gasteiger partial charge in [0.1, 0.15) is 0 Å². The first kappa shape index (κ1) is 18.5. The number of nitrogens with one attached hydrogen (secondary N) is 2. The van der Waals surface area contributed by atoms with Gasteiger partial charge >= 0.3 is 0 Å². The van der Waals surface area contributed by atoms with Gasteiger partial charge in [0.15, 0.2) is 5.96 Å². The second kappa shape index (κ2) is 8.84. The average molecular weight is 429 g/mol. The Labute approximate surface area is 156 Å². The third-order valence-electron chi connectivity index (χ3n) is 4.77. The van der Waals surface area contributed by atoms with Crippen LogP contribution in [0.2, 0.25) is 0 Å². The number of aliphatic imine (C=N–C) groups is 1. The first-order valence-corrected chi connectivity index (χ1v) is 8.25. The third kappa shape index (κ3) is 4.81. The van der Waals surface area contributed by atoms with E-state index in [0.717, 1.165) is 12.5 Å². The molecular weight excluding hydrogens is 401 g/mol. The number of hydrogen-bond donors (Lipinski definition) is 2. The van der Waals surface area contributed by atoms with Gasteiger partial charge in [-0.2, -0.15) is 0 Å². The molecule has 2 N–H and O–H groups in total. The fourth-order valence-corrected chi connectivity index (χ4v) is 3.36. The molecule has 0 saturated carbocycles. The van der Waals surface area contributed by atoms with Crippen LogP contribution in [0.25, 0.3) is 0 Å². The SMILES string of the molecule is CN=C(NCC1CN2CCN1CC2)NC(C)c1ccccc1.I. The molecule has 5 nitrogen and oxygen atoms in total. The van der Waals surface area contributed by atoms with Crippen LogP contribution >= 0.6 is 24.0 Å². The zero-order valence-corrected chi connectivity index (χ0v) is 16.4. The first-order chi connectivity index (χ1) is 10.8. The monoisotopic (exact) mass is 429 g/mol. The molecule has 2 unspecified atom stereocenters. The van der Waals surface area contributed by atoms with Crippen LogP contribution in [-0.4, -0.2) is 68.1 Å². The largest absolute Gasteiger partial charge is 0.355 e. The Kier molecular flexibility index (Phi) is 7.10. The quantitative estimate of drug-likeness (QED) is 0.433. The summed E-state index contributed by atoms with van der Waals surface area (Å²) in [5.41, 5.74) is 1.28. The lowest BCUT2D eigenvalue weighted by molar-refractivity contribution is 0.0154. The van der Waals surface area contributed by atoms with E-state index in [1.165, 1.54) is 38.3 Å². The Hall–Kier alpha value is -0.860. The zero-order valence-electron chi connectivity index (χ0n) is 14.0. The summed E-state index contributed by atoms with van der Waals surface area (Å²) in [6, 6.07) is 11.3. The van der Waals surface area contributed by atoms with Crippen molar-refractivity contribution in [3.05, 3.63) is 35.9 Å². The Balaban J connectivity index is 0.00000192. The summed E-state index contributed by atoms with van der Waals surface area (Å²) in [7, 11) is 1.84. The van der Waals surface area contributed by atoms with Gasteiger partial charge in [0.25, 0.3) is 0 Å². The minimum atomic E-state index is 0. The molecule has 3 heterocycles. The zero-order chi connectivity index (χ0) is 15.4. The molecule has 0 amide bonds. The molecule has 3 aliphatic heterocycles. The van der Waals surface area contributed by atoms with E-state index in [4.69, 9.17) is 0 Å². The first-order valence-electron chi connectivity index (χ1n) is 8.25. The van der Waals surface area contributed by atoms with Crippen LogP contribution in [0.5, 0.6) is 0 Å². The molecule has 2 bridgehead atoms. The summed E-state index contributed by atoms with van der Waals surface area (Å²) < 4.78 is 0. The maximum Gasteiger partial charge on any atom is 0.191 e. The van der Waals surface area contributed by atoms with Gasteiger partial charge in [-0.1, -0.05) is 30.3 Å². The molecule has 4 rings (SSSR count). The molecule has 0 aliphatic carbocycles. The number of benzene rings is 1. The highest BCUT2D eigenvalue weighted by Gasteiger charge is 2.31. The lowest BCUT2D eigenvalue weighted by Gasteiger charge is -2.47. The van der Waals surface area contributed by atoms with E-state index < -0.39 is 0 Å². The van der Waals surface area contributed by atoms with Crippen molar-refractivity contribution < 1.29 is 0 Å². The summed E-state index contributed by atoms with van der Waals surface area (Å²) in [4.78, 5) is 9.53. The summed E-state index contributed by atoms with van der Waals surface area (Å²) >= 11 is 0. The molecule has 0 aromatic heterocycles. The van der Waals surface area contributed by atoms with Gasteiger partial charge in [0, 0.05) is 52.4 Å². The van der Waals surface area contributed by atoms with Crippen LogP contribution in [0.3, 0.4) is 0 Å². The lowest BCUT2D eigenvalue weighted by Crippen LogP contribution is -2.63. The molecule has 2 atom stereocenters. The Morgan fingerprint density at radius 1 is 1.22 bits per heavy atom. The highest BCUT2D eigenvalue weighted by atomic mass is 127. The molecule has 3 saturated heterocycles. The van der Waals surface area contributed by atoms with Crippen LogP contribution in [-0.2, 0) is 0 Å². The maximum atomic E-state index is 4.36. The molecule has 3 fully saturated rings. The lowest BCUT2D eigenvalue weighted by atomic mass is 10.1. The maximum absolute atomic E-state index is 4.36. The van der Waals surface area contributed by atoms with Crippen LogP contribution in [0.15, 0.2) is 35.3 Å². The second-order valence-electron chi connectivity index (χ2n) is 6.22. The molecule has 128 valence electrons. The number of fused-ring (bicyclic) bond motifs is 3. The number of hydrogen-bond acceptors (Lipinski definition) is 3. The van der Waals surface area contributed by atoms with Gasteiger partial charge in [-0.3, -0.25) is 14.8 Å². The smallest absolute Gasteiger partial charge is 0.191 e. The Morgan fingerprint density at radius 3 is 2.48 bits per heavy atom. The van der Waals surface area contributed by atoms with Crippen molar-refractivity contribution in [2.24, 2.45) is 4.99 Å². The standard InChI is InChI=1S/C17H27N5.HI/c1-14(15-6-4-3-5-7-15)20-17(18-2)19-12-16-13-21-8-10-22(16)11-9-21;/h3-7,14,16H,8-13H2,1-2H3,(H2,18,19,20);1H. The van der Waals surface area contributed by atoms with Gasteiger partial charge in [0.05, 0.1) is 6.04 Å². The minimum absolute atomic E-state index is 0. The van der Waals surface area contributed by atoms with E-state index in [1.54, 1.807) is 0 Å². The fraction of sp³-hybridized carbons (Fsp3) is 0.588. The molecule has 3 aliphatic rings. The van der Waals surface area contributed by atoms with Crippen molar-refractivity contribution in [2.75, 3.05) is 46.3 Å². The molecule has 23 heavy (non-hydrogen) atoms. The van der Waals surface area contributed by atoms with Crippen molar-refractivity contribution in [3.8, 4) is 0 Å². The molecule has 6 heteroatoms. The predicted octanol–water partition coefficient (Wildman–Crippen LogP) is 1.53. The summed E-state index contributed by atoms with van der Waals surface area (Å²) in [6.45, 7) is 9.18. The van der Waals surface area contributed by atoms with Crippen LogP contribution in [0.4, 0.5) is 0 Å². The summed E-state index contributed by atoms with van der Waals surface area (Å²) in [5.74, 6) is 0.883.